The van der Waals surface area contributed by atoms with E-state index in [9.17, 15) is 14.9 Å². The Morgan fingerprint density at radius 3 is 2.65 bits per heavy atom. The van der Waals surface area contributed by atoms with Crippen LogP contribution in [0.3, 0.4) is 0 Å². The zero-order chi connectivity index (χ0) is 14.5. The quantitative estimate of drug-likeness (QED) is 0.369. The van der Waals surface area contributed by atoms with Crippen LogP contribution in [0.4, 0.5) is 5.69 Å². The van der Waals surface area contributed by atoms with E-state index in [-0.39, 0.29) is 17.0 Å². The van der Waals surface area contributed by atoms with Crippen LogP contribution in [0.5, 0.6) is 5.75 Å². The summed E-state index contributed by atoms with van der Waals surface area (Å²) in [6.07, 6.45) is 0. The first kappa shape index (κ1) is 13.2. The number of hydrogen-bond donors (Lipinski definition) is 0. The highest BCUT2D eigenvalue weighted by Crippen LogP contribution is 2.20. The molecular formula is C14H8N2O4. The van der Waals surface area contributed by atoms with Crippen molar-refractivity contribution in [1.82, 2.24) is 0 Å². The normalized spacial score (nSPS) is 9.55. The predicted molar refractivity (Wildman–Crippen MR) is 69.2 cm³/mol. The molecule has 2 rings (SSSR count). The maximum atomic E-state index is 11.9. The zero-order valence-corrected chi connectivity index (χ0v) is 10.1. The molecule has 2 aromatic rings. The number of nitrogens with zero attached hydrogens (tertiary/aromatic N) is 2. The smallest absolute Gasteiger partial charge is 0.343 e. The summed E-state index contributed by atoms with van der Waals surface area (Å²) in [4.78, 5) is 21.9. The van der Waals surface area contributed by atoms with Gasteiger partial charge in [0.1, 0.15) is 5.75 Å². The minimum atomic E-state index is -0.678. The van der Waals surface area contributed by atoms with E-state index in [0.29, 0.717) is 5.56 Å². The highest BCUT2D eigenvalue weighted by Gasteiger charge is 2.12. The predicted octanol–water partition coefficient (Wildman–Crippen LogP) is 2.69. The molecule has 0 saturated heterocycles. The fourth-order valence-electron chi connectivity index (χ4n) is 1.54. The summed E-state index contributed by atoms with van der Waals surface area (Å²) in [5.74, 6) is -0.603. The molecule has 0 saturated carbocycles. The van der Waals surface area contributed by atoms with Crippen molar-refractivity contribution < 1.29 is 14.5 Å². The summed E-state index contributed by atoms with van der Waals surface area (Å²) in [6, 6.07) is 13.2. The second-order valence-electron chi connectivity index (χ2n) is 3.84. The zero-order valence-electron chi connectivity index (χ0n) is 10.1. The molecule has 0 bridgehead atoms. The SMILES string of the molecule is N#Cc1cccc(C(=O)Oc2cccc([N+](=O)[O-])c2)c1. The van der Waals surface area contributed by atoms with Gasteiger partial charge in [-0.1, -0.05) is 12.1 Å². The first-order valence-electron chi connectivity index (χ1n) is 5.57. The Balaban J connectivity index is 2.21. The fraction of sp³-hybridized carbons (Fsp3) is 0. The molecule has 0 radical (unpaired) electrons. The molecule has 2 aromatic carbocycles. The molecule has 0 unspecified atom stereocenters. The standard InChI is InChI=1S/C14H8N2O4/c15-9-10-3-1-4-11(7-10)14(17)20-13-6-2-5-12(8-13)16(18)19/h1-8H. The number of hydrogen-bond acceptors (Lipinski definition) is 5. The number of nitriles is 1. The van der Waals surface area contributed by atoms with Gasteiger partial charge < -0.3 is 4.74 Å². The molecule has 0 atom stereocenters. The van der Waals surface area contributed by atoms with Crippen molar-refractivity contribution in [2.45, 2.75) is 0 Å². The van der Waals surface area contributed by atoms with Gasteiger partial charge in [-0.3, -0.25) is 10.1 Å². The molecule has 0 fully saturated rings. The third kappa shape index (κ3) is 2.97. The van der Waals surface area contributed by atoms with Crippen LogP contribution in [0.2, 0.25) is 0 Å². The number of benzene rings is 2. The van der Waals surface area contributed by atoms with Gasteiger partial charge in [-0.2, -0.15) is 5.26 Å². The van der Waals surface area contributed by atoms with Gasteiger partial charge >= 0.3 is 5.97 Å². The number of ether oxygens (including phenoxy) is 1. The van der Waals surface area contributed by atoms with Crippen LogP contribution in [0.25, 0.3) is 0 Å². The van der Waals surface area contributed by atoms with E-state index in [4.69, 9.17) is 10.00 Å². The fourth-order valence-corrected chi connectivity index (χ4v) is 1.54. The molecule has 0 aromatic heterocycles. The Morgan fingerprint density at radius 2 is 1.95 bits per heavy atom. The largest absolute Gasteiger partial charge is 0.423 e. The molecule has 0 aliphatic carbocycles. The van der Waals surface area contributed by atoms with Gasteiger partial charge in [-0.05, 0) is 24.3 Å². The van der Waals surface area contributed by atoms with Gasteiger partial charge in [0.25, 0.3) is 5.69 Å². The Kier molecular flexibility index (Phi) is 3.72. The maximum Gasteiger partial charge on any atom is 0.343 e. The van der Waals surface area contributed by atoms with Crippen LogP contribution in [-0.2, 0) is 0 Å². The summed E-state index contributed by atoms with van der Waals surface area (Å²) in [7, 11) is 0. The van der Waals surface area contributed by atoms with Crippen LogP contribution in [-0.4, -0.2) is 10.9 Å². The minimum absolute atomic E-state index is 0.0755. The Bertz CT molecular complexity index is 719. The first-order chi connectivity index (χ1) is 9.60. The monoisotopic (exact) mass is 268 g/mol. The molecule has 0 N–H and O–H groups in total. The minimum Gasteiger partial charge on any atom is -0.423 e. The topological polar surface area (TPSA) is 93.2 Å². The summed E-state index contributed by atoms with van der Waals surface area (Å²) in [5, 5.41) is 19.4. The van der Waals surface area contributed by atoms with Crippen LogP contribution < -0.4 is 4.74 Å². The third-order valence-electron chi connectivity index (χ3n) is 2.47. The molecule has 0 aliphatic rings. The molecule has 6 heteroatoms. The Labute approximate surface area is 114 Å². The van der Waals surface area contributed by atoms with Crippen molar-refractivity contribution in [1.29, 1.82) is 5.26 Å². The molecule has 0 heterocycles. The number of carbonyl (C=O) groups excluding carboxylic acids is 1. The van der Waals surface area contributed by atoms with Crippen LogP contribution >= 0.6 is 0 Å². The van der Waals surface area contributed by atoms with Gasteiger partial charge in [-0.25, -0.2) is 4.79 Å². The average Bonchev–Trinajstić information content (AvgIpc) is 2.47. The van der Waals surface area contributed by atoms with Crippen molar-refractivity contribution >= 4 is 11.7 Å². The van der Waals surface area contributed by atoms with Crippen molar-refractivity contribution in [3.05, 3.63) is 69.8 Å². The lowest BCUT2D eigenvalue weighted by Gasteiger charge is -2.04. The van der Waals surface area contributed by atoms with Crippen LogP contribution in [0.1, 0.15) is 15.9 Å². The number of nitro benzene ring substituents is 1. The first-order valence-corrected chi connectivity index (χ1v) is 5.57. The van der Waals surface area contributed by atoms with E-state index in [0.717, 1.165) is 6.07 Å². The lowest BCUT2D eigenvalue weighted by atomic mass is 10.1. The molecular weight excluding hydrogens is 260 g/mol. The van der Waals surface area contributed by atoms with Gasteiger partial charge in [0, 0.05) is 6.07 Å². The highest BCUT2D eigenvalue weighted by atomic mass is 16.6. The number of carbonyl (C=O) groups is 1. The Morgan fingerprint density at radius 1 is 1.20 bits per heavy atom. The molecule has 20 heavy (non-hydrogen) atoms. The molecule has 6 nitrogen and oxygen atoms in total. The number of rotatable bonds is 3. The second kappa shape index (κ2) is 5.63. The lowest BCUT2D eigenvalue weighted by Crippen LogP contribution is -2.08. The summed E-state index contributed by atoms with van der Waals surface area (Å²) < 4.78 is 5.04. The van der Waals surface area contributed by atoms with Crippen molar-refractivity contribution in [3.8, 4) is 11.8 Å². The average molecular weight is 268 g/mol. The molecule has 0 spiro atoms. The van der Waals surface area contributed by atoms with E-state index >= 15 is 0 Å². The Hall–Kier alpha value is -3.20. The maximum absolute atomic E-state index is 11.9. The lowest BCUT2D eigenvalue weighted by molar-refractivity contribution is -0.384. The van der Waals surface area contributed by atoms with E-state index in [2.05, 4.69) is 0 Å². The van der Waals surface area contributed by atoms with Gasteiger partial charge in [0.05, 0.1) is 28.2 Å². The number of non-ortho nitro benzene ring substituents is 1. The van der Waals surface area contributed by atoms with Crippen LogP contribution in [0.15, 0.2) is 48.5 Å². The van der Waals surface area contributed by atoms with Crippen molar-refractivity contribution in [3.63, 3.8) is 0 Å². The van der Waals surface area contributed by atoms with E-state index < -0.39 is 10.9 Å². The summed E-state index contributed by atoms with van der Waals surface area (Å²) >= 11 is 0. The van der Waals surface area contributed by atoms with Crippen LogP contribution in [0, 0.1) is 21.4 Å². The molecule has 98 valence electrons. The van der Waals surface area contributed by atoms with Gasteiger partial charge in [0.15, 0.2) is 0 Å². The summed E-state index contributed by atoms with van der Waals surface area (Å²) in [5.41, 5.74) is 0.370. The van der Waals surface area contributed by atoms with E-state index in [1.165, 1.54) is 30.3 Å². The van der Waals surface area contributed by atoms with Crippen molar-refractivity contribution in [2.24, 2.45) is 0 Å². The number of esters is 1. The van der Waals surface area contributed by atoms with Gasteiger partial charge in [-0.15, -0.1) is 0 Å². The number of nitro groups is 1. The second-order valence-corrected chi connectivity index (χ2v) is 3.84. The highest BCUT2D eigenvalue weighted by molar-refractivity contribution is 5.91. The van der Waals surface area contributed by atoms with Gasteiger partial charge in [0.2, 0.25) is 0 Å². The summed E-state index contributed by atoms with van der Waals surface area (Å²) in [6.45, 7) is 0. The molecule has 0 amide bonds. The van der Waals surface area contributed by atoms with E-state index in [1.54, 1.807) is 12.1 Å². The third-order valence-corrected chi connectivity index (χ3v) is 2.47. The van der Waals surface area contributed by atoms with E-state index in [1.807, 2.05) is 6.07 Å². The molecule has 0 aliphatic heterocycles. The van der Waals surface area contributed by atoms with Crippen molar-refractivity contribution in [2.75, 3.05) is 0 Å².